The van der Waals surface area contributed by atoms with Gasteiger partial charge in [0.15, 0.2) is 0 Å². The zero-order valence-electron chi connectivity index (χ0n) is 20.2. The molecule has 0 heterocycles. The third-order valence-corrected chi connectivity index (χ3v) is 5.60. The molecule has 0 aliphatic carbocycles. The van der Waals surface area contributed by atoms with Crippen molar-refractivity contribution in [3.63, 3.8) is 0 Å². The Labute approximate surface area is 203 Å². The Kier molecular flexibility index (Phi) is 9.71. The molecule has 178 valence electrons. The summed E-state index contributed by atoms with van der Waals surface area (Å²) in [4.78, 5) is 28.0. The maximum absolute atomic E-state index is 12.8. The van der Waals surface area contributed by atoms with Gasteiger partial charge in [-0.2, -0.15) is 0 Å². The summed E-state index contributed by atoms with van der Waals surface area (Å²) >= 11 is 0. The fourth-order valence-corrected chi connectivity index (χ4v) is 3.98. The summed E-state index contributed by atoms with van der Waals surface area (Å²) in [5.41, 5.74) is 3.86. The van der Waals surface area contributed by atoms with Crippen LogP contribution in [0.25, 0.3) is 0 Å². The fourth-order valence-electron chi connectivity index (χ4n) is 3.98. The molecule has 3 rings (SSSR count). The van der Waals surface area contributed by atoms with Crippen molar-refractivity contribution >= 4 is 17.5 Å². The van der Waals surface area contributed by atoms with Gasteiger partial charge in [-0.05, 0) is 41.7 Å². The van der Waals surface area contributed by atoms with Crippen molar-refractivity contribution in [3.05, 3.63) is 102 Å². The number of hydrogen-bond acceptors (Lipinski definition) is 3. The molecule has 0 fully saturated rings. The maximum Gasteiger partial charge on any atom is 0.226 e. The smallest absolute Gasteiger partial charge is 0.226 e. The second-order valence-corrected chi connectivity index (χ2v) is 8.47. The summed E-state index contributed by atoms with van der Waals surface area (Å²) in [7, 11) is 0. The lowest BCUT2D eigenvalue weighted by molar-refractivity contribution is -0.123. The van der Waals surface area contributed by atoms with E-state index in [0.717, 1.165) is 48.3 Å². The van der Waals surface area contributed by atoms with Gasteiger partial charge in [-0.3, -0.25) is 9.59 Å². The van der Waals surface area contributed by atoms with Crippen LogP contribution in [-0.4, -0.2) is 24.9 Å². The number of amides is 2. The van der Waals surface area contributed by atoms with Gasteiger partial charge in [-0.1, -0.05) is 86.6 Å². The van der Waals surface area contributed by atoms with E-state index in [1.807, 2.05) is 72.8 Å². The van der Waals surface area contributed by atoms with Crippen LogP contribution >= 0.6 is 0 Å². The molecule has 34 heavy (non-hydrogen) atoms. The molecule has 0 atom stereocenters. The van der Waals surface area contributed by atoms with Crippen LogP contribution in [0.2, 0.25) is 0 Å². The van der Waals surface area contributed by atoms with E-state index in [9.17, 15) is 9.59 Å². The molecule has 0 aromatic heterocycles. The number of nitrogens with one attached hydrogen (secondary N) is 2. The predicted molar refractivity (Wildman–Crippen MR) is 139 cm³/mol. The Morgan fingerprint density at radius 3 is 1.53 bits per heavy atom. The Hall–Kier alpha value is -3.60. The zero-order valence-corrected chi connectivity index (χ0v) is 20.2. The highest BCUT2D eigenvalue weighted by Gasteiger charge is 2.18. The Balaban J connectivity index is 1.75. The van der Waals surface area contributed by atoms with Gasteiger partial charge < -0.3 is 15.5 Å². The molecule has 0 saturated heterocycles. The van der Waals surface area contributed by atoms with Crippen LogP contribution < -0.4 is 15.5 Å². The molecular weight excluding hydrogens is 422 g/mol. The normalized spacial score (nSPS) is 10.7. The summed E-state index contributed by atoms with van der Waals surface area (Å²) in [6.07, 6.45) is 2.06. The third-order valence-electron chi connectivity index (χ3n) is 5.60. The van der Waals surface area contributed by atoms with Gasteiger partial charge in [0.25, 0.3) is 0 Å². The lowest BCUT2D eigenvalue weighted by atomic mass is 10.1. The van der Waals surface area contributed by atoms with Gasteiger partial charge in [0.2, 0.25) is 11.8 Å². The Bertz CT molecular complexity index is 959. The van der Waals surface area contributed by atoms with Crippen molar-refractivity contribution in [1.82, 2.24) is 10.6 Å². The quantitative estimate of drug-likeness (QED) is 0.375. The van der Waals surface area contributed by atoms with E-state index in [-0.39, 0.29) is 24.7 Å². The van der Waals surface area contributed by atoms with Crippen LogP contribution in [0.1, 0.15) is 49.5 Å². The molecule has 3 aromatic rings. The molecule has 2 N–H and O–H groups in total. The van der Waals surface area contributed by atoms with E-state index in [1.54, 1.807) is 0 Å². The van der Waals surface area contributed by atoms with Gasteiger partial charge in [-0.25, -0.2) is 0 Å². The molecule has 0 aliphatic heterocycles. The minimum atomic E-state index is -0.604. The molecule has 0 spiro atoms. The van der Waals surface area contributed by atoms with Gasteiger partial charge >= 0.3 is 0 Å². The van der Waals surface area contributed by atoms with E-state index in [4.69, 9.17) is 0 Å². The van der Waals surface area contributed by atoms with Gasteiger partial charge in [0.05, 0.1) is 12.8 Å². The SMILES string of the molecule is CCCN(CCC)c1ccc(C(NC(=O)Cc2ccccc2)NC(=O)Cc2ccccc2)cc1. The van der Waals surface area contributed by atoms with Crippen molar-refractivity contribution in [1.29, 1.82) is 0 Å². The van der Waals surface area contributed by atoms with Crippen LogP contribution in [0.4, 0.5) is 5.69 Å². The molecule has 0 unspecified atom stereocenters. The number of benzene rings is 3. The molecule has 5 heteroatoms. The average Bonchev–Trinajstić information content (AvgIpc) is 2.85. The summed E-state index contributed by atoms with van der Waals surface area (Å²) in [6, 6.07) is 27.3. The van der Waals surface area contributed by atoms with E-state index in [1.165, 1.54) is 0 Å². The highest BCUT2D eigenvalue weighted by Crippen LogP contribution is 2.20. The van der Waals surface area contributed by atoms with Crippen molar-refractivity contribution in [2.24, 2.45) is 0 Å². The number of carbonyl (C=O) groups excluding carboxylic acids is 2. The first-order chi connectivity index (χ1) is 16.6. The van der Waals surface area contributed by atoms with Crippen LogP contribution in [0, 0.1) is 0 Å². The summed E-state index contributed by atoms with van der Waals surface area (Å²) < 4.78 is 0. The first-order valence-electron chi connectivity index (χ1n) is 12.1. The third kappa shape index (κ3) is 7.77. The highest BCUT2D eigenvalue weighted by molar-refractivity contribution is 5.82. The standard InChI is InChI=1S/C29H35N3O2/c1-3-19-32(20-4-2)26-17-15-25(16-18-26)29(30-27(33)21-23-11-7-5-8-12-23)31-28(34)22-24-13-9-6-10-14-24/h5-18,29H,3-4,19-22H2,1-2H3,(H,30,33)(H,31,34). The Morgan fingerprint density at radius 1 is 0.676 bits per heavy atom. The molecule has 2 amide bonds. The first-order valence-corrected chi connectivity index (χ1v) is 12.1. The zero-order chi connectivity index (χ0) is 24.2. The number of anilines is 1. The lowest BCUT2D eigenvalue weighted by Gasteiger charge is -2.25. The predicted octanol–water partition coefficient (Wildman–Crippen LogP) is 5.03. The van der Waals surface area contributed by atoms with Crippen molar-refractivity contribution in [2.45, 2.75) is 45.7 Å². The van der Waals surface area contributed by atoms with E-state index in [0.29, 0.717) is 0 Å². The van der Waals surface area contributed by atoms with Crippen molar-refractivity contribution in [2.75, 3.05) is 18.0 Å². The topological polar surface area (TPSA) is 61.4 Å². The van der Waals surface area contributed by atoms with Crippen LogP contribution in [0.15, 0.2) is 84.9 Å². The van der Waals surface area contributed by atoms with E-state index >= 15 is 0 Å². The molecule has 0 saturated carbocycles. The monoisotopic (exact) mass is 457 g/mol. The largest absolute Gasteiger partial charge is 0.372 e. The minimum absolute atomic E-state index is 0.140. The summed E-state index contributed by atoms with van der Waals surface area (Å²) in [5, 5.41) is 6.03. The highest BCUT2D eigenvalue weighted by atomic mass is 16.2. The molecule has 0 radical (unpaired) electrons. The van der Waals surface area contributed by atoms with Crippen LogP contribution in [-0.2, 0) is 22.4 Å². The molecule has 0 aliphatic rings. The van der Waals surface area contributed by atoms with Crippen molar-refractivity contribution in [3.8, 4) is 0 Å². The van der Waals surface area contributed by atoms with Gasteiger partial charge in [0, 0.05) is 18.8 Å². The molecule has 0 bridgehead atoms. The fraction of sp³-hybridized carbons (Fsp3) is 0.310. The minimum Gasteiger partial charge on any atom is -0.372 e. The summed E-state index contributed by atoms with van der Waals surface area (Å²) in [6.45, 7) is 6.35. The van der Waals surface area contributed by atoms with E-state index < -0.39 is 6.17 Å². The number of nitrogens with zero attached hydrogens (tertiary/aromatic N) is 1. The lowest BCUT2D eigenvalue weighted by Crippen LogP contribution is -2.42. The molecular formula is C29H35N3O2. The van der Waals surface area contributed by atoms with E-state index in [2.05, 4.69) is 41.5 Å². The van der Waals surface area contributed by atoms with Crippen molar-refractivity contribution < 1.29 is 9.59 Å². The first kappa shape index (κ1) is 25.0. The maximum atomic E-state index is 12.8. The number of rotatable bonds is 12. The number of carbonyl (C=O) groups is 2. The second-order valence-electron chi connectivity index (χ2n) is 8.47. The van der Waals surface area contributed by atoms with Crippen LogP contribution in [0.3, 0.4) is 0 Å². The van der Waals surface area contributed by atoms with Crippen LogP contribution in [0.5, 0.6) is 0 Å². The molecule has 5 nitrogen and oxygen atoms in total. The van der Waals surface area contributed by atoms with Gasteiger partial charge in [-0.15, -0.1) is 0 Å². The average molecular weight is 458 g/mol. The number of hydrogen-bond donors (Lipinski definition) is 2. The Morgan fingerprint density at radius 2 is 1.12 bits per heavy atom. The van der Waals surface area contributed by atoms with Gasteiger partial charge in [0.1, 0.15) is 6.17 Å². The molecule has 3 aromatic carbocycles. The second kappa shape index (κ2) is 13.2. The summed E-state index contributed by atoms with van der Waals surface area (Å²) in [5.74, 6) is -0.280.